The SMILES string of the molecule is NC(=O)c1ccc(-c2c3n(c4cnccc24)C(=O)CCC3)cc1N[C@H]1CC[C@H](O)CC1. The van der Waals surface area contributed by atoms with Gasteiger partial charge in [0.15, 0.2) is 0 Å². The van der Waals surface area contributed by atoms with E-state index in [4.69, 9.17) is 5.73 Å². The lowest BCUT2D eigenvalue weighted by Gasteiger charge is -2.28. The average Bonchev–Trinajstić information content (AvgIpc) is 3.11. The van der Waals surface area contributed by atoms with Gasteiger partial charge in [0.2, 0.25) is 5.91 Å². The maximum absolute atomic E-state index is 12.7. The lowest BCUT2D eigenvalue weighted by atomic mass is 9.92. The zero-order valence-corrected chi connectivity index (χ0v) is 17.3. The number of pyridine rings is 1. The number of primary amides is 1. The van der Waals surface area contributed by atoms with E-state index >= 15 is 0 Å². The summed E-state index contributed by atoms with van der Waals surface area (Å²) in [4.78, 5) is 29.0. The molecule has 5 rings (SSSR count). The Morgan fingerprint density at radius 1 is 1.16 bits per heavy atom. The number of amides is 1. The van der Waals surface area contributed by atoms with Crippen LogP contribution in [0.15, 0.2) is 36.7 Å². The van der Waals surface area contributed by atoms with E-state index in [1.54, 1.807) is 23.0 Å². The van der Waals surface area contributed by atoms with Gasteiger partial charge >= 0.3 is 0 Å². The first-order valence-corrected chi connectivity index (χ1v) is 10.9. The van der Waals surface area contributed by atoms with Crippen LogP contribution in [0.4, 0.5) is 5.69 Å². The number of hydrogen-bond donors (Lipinski definition) is 3. The molecular weight excluding hydrogens is 392 g/mol. The third-order valence-electron chi connectivity index (χ3n) is 6.55. The van der Waals surface area contributed by atoms with Gasteiger partial charge in [-0.1, -0.05) is 6.07 Å². The Labute approximate surface area is 180 Å². The Morgan fingerprint density at radius 3 is 2.74 bits per heavy atom. The van der Waals surface area contributed by atoms with Crippen molar-refractivity contribution in [2.75, 3.05) is 5.32 Å². The van der Waals surface area contributed by atoms with Crippen LogP contribution in [0, 0.1) is 0 Å². The Bertz CT molecular complexity index is 1180. The smallest absolute Gasteiger partial charge is 0.250 e. The van der Waals surface area contributed by atoms with Crippen LogP contribution >= 0.6 is 0 Å². The number of aliphatic hydroxyl groups is 1. The van der Waals surface area contributed by atoms with E-state index in [-0.39, 0.29) is 18.1 Å². The standard InChI is InChI=1S/C24H26N4O3/c25-24(31)17-9-4-14(12-19(17)27-15-5-7-16(29)8-6-15)23-18-10-11-26-13-21(18)28-20(23)2-1-3-22(28)30/h4,9-13,15-16,27,29H,1-3,5-8H2,(H2,25,31)/t15-,16-. The van der Waals surface area contributed by atoms with Crippen molar-refractivity contribution < 1.29 is 14.7 Å². The normalized spacial score (nSPS) is 21.1. The molecule has 160 valence electrons. The molecule has 0 unspecified atom stereocenters. The van der Waals surface area contributed by atoms with E-state index < -0.39 is 5.91 Å². The Hall–Kier alpha value is -3.19. The molecule has 1 aliphatic carbocycles. The number of hydrogen-bond acceptors (Lipinski definition) is 5. The van der Waals surface area contributed by atoms with Gasteiger partial charge in [-0.2, -0.15) is 0 Å². The van der Waals surface area contributed by atoms with E-state index in [2.05, 4.69) is 10.3 Å². The molecule has 3 heterocycles. The third-order valence-corrected chi connectivity index (χ3v) is 6.55. The van der Waals surface area contributed by atoms with E-state index in [0.717, 1.165) is 66.2 Å². The third kappa shape index (κ3) is 3.49. The largest absolute Gasteiger partial charge is 0.393 e. The molecule has 1 saturated carbocycles. The first-order valence-electron chi connectivity index (χ1n) is 10.9. The van der Waals surface area contributed by atoms with Gasteiger partial charge in [0.1, 0.15) is 0 Å². The summed E-state index contributed by atoms with van der Waals surface area (Å²) in [5.74, 6) is -0.383. The van der Waals surface area contributed by atoms with Gasteiger partial charge in [-0.25, -0.2) is 0 Å². The van der Waals surface area contributed by atoms with Crippen molar-refractivity contribution in [3.63, 3.8) is 0 Å². The number of nitrogens with two attached hydrogens (primary N) is 1. The summed E-state index contributed by atoms with van der Waals surface area (Å²) in [6, 6.07) is 7.77. The minimum Gasteiger partial charge on any atom is -0.393 e. The van der Waals surface area contributed by atoms with E-state index in [1.807, 2.05) is 18.2 Å². The van der Waals surface area contributed by atoms with Crippen LogP contribution in [0.25, 0.3) is 22.0 Å². The van der Waals surface area contributed by atoms with Crippen molar-refractivity contribution in [1.82, 2.24) is 9.55 Å². The quantitative estimate of drug-likeness (QED) is 0.601. The number of aromatic nitrogens is 2. The average molecular weight is 418 g/mol. The van der Waals surface area contributed by atoms with Gasteiger partial charge in [-0.15, -0.1) is 0 Å². The molecule has 2 aliphatic rings. The number of nitrogens with one attached hydrogen (secondary N) is 1. The molecule has 1 aliphatic heterocycles. The highest BCUT2D eigenvalue weighted by molar-refractivity contribution is 6.06. The fourth-order valence-electron chi connectivity index (χ4n) is 5.03. The predicted octanol–water partition coefficient (Wildman–Crippen LogP) is 3.49. The lowest BCUT2D eigenvalue weighted by Crippen LogP contribution is -2.29. The summed E-state index contributed by atoms with van der Waals surface area (Å²) in [5, 5.41) is 14.3. The maximum atomic E-state index is 12.7. The summed E-state index contributed by atoms with van der Waals surface area (Å²) in [5.41, 5.74) is 10.6. The molecular formula is C24H26N4O3. The Balaban J connectivity index is 1.62. The fourth-order valence-corrected chi connectivity index (χ4v) is 5.03. The molecule has 7 heteroatoms. The number of anilines is 1. The highest BCUT2D eigenvalue weighted by Gasteiger charge is 2.27. The molecule has 0 saturated heterocycles. The molecule has 0 atom stereocenters. The summed E-state index contributed by atoms with van der Waals surface area (Å²) in [7, 11) is 0. The number of fused-ring (bicyclic) bond motifs is 3. The van der Waals surface area contributed by atoms with Crippen LogP contribution in [-0.4, -0.2) is 38.6 Å². The highest BCUT2D eigenvalue weighted by Crippen LogP contribution is 2.39. The number of carbonyl (C=O) groups excluding carboxylic acids is 2. The molecule has 1 fully saturated rings. The van der Waals surface area contributed by atoms with E-state index in [9.17, 15) is 14.7 Å². The molecule has 31 heavy (non-hydrogen) atoms. The summed E-state index contributed by atoms with van der Waals surface area (Å²) in [6.45, 7) is 0. The van der Waals surface area contributed by atoms with Gasteiger partial charge in [-0.05, 0) is 62.3 Å². The molecule has 0 spiro atoms. The van der Waals surface area contributed by atoms with Gasteiger partial charge in [0.25, 0.3) is 5.91 Å². The lowest BCUT2D eigenvalue weighted by molar-refractivity contribution is 0.0889. The molecule has 2 aromatic heterocycles. The van der Waals surface area contributed by atoms with Crippen molar-refractivity contribution in [3.05, 3.63) is 47.9 Å². The molecule has 0 radical (unpaired) electrons. The number of carbonyl (C=O) groups is 2. The molecule has 1 amide bonds. The Kier molecular flexibility index (Phi) is 4.98. The first-order chi connectivity index (χ1) is 15.0. The minimum absolute atomic E-state index is 0.0957. The van der Waals surface area contributed by atoms with Crippen molar-refractivity contribution in [2.45, 2.75) is 57.1 Å². The van der Waals surface area contributed by atoms with Crippen molar-refractivity contribution in [1.29, 1.82) is 0 Å². The number of rotatable bonds is 4. The summed E-state index contributed by atoms with van der Waals surface area (Å²) in [6.07, 6.45) is 8.59. The minimum atomic E-state index is -0.479. The van der Waals surface area contributed by atoms with E-state index in [1.165, 1.54) is 0 Å². The zero-order chi connectivity index (χ0) is 21.5. The molecule has 7 nitrogen and oxygen atoms in total. The Morgan fingerprint density at radius 2 is 1.97 bits per heavy atom. The molecule has 4 N–H and O–H groups in total. The van der Waals surface area contributed by atoms with Crippen LogP contribution in [-0.2, 0) is 6.42 Å². The van der Waals surface area contributed by atoms with Gasteiger partial charge in [-0.3, -0.25) is 19.1 Å². The van der Waals surface area contributed by atoms with Crippen LogP contribution < -0.4 is 11.1 Å². The molecule has 1 aromatic carbocycles. The second-order valence-corrected chi connectivity index (χ2v) is 8.57. The van der Waals surface area contributed by atoms with Crippen molar-refractivity contribution in [3.8, 4) is 11.1 Å². The summed E-state index contributed by atoms with van der Waals surface area (Å²) >= 11 is 0. The first kappa shape index (κ1) is 19.8. The second-order valence-electron chi connectivity index (χ2n) is 8.57. The van der Waals surface area contributed by atoms with Gasteiger partial charge in [0.05, 0.1) is 23.4 Å². The number of nitrogens with zero attached hydrogens (tertiary/aromatic N) is 2. The zero-order valence-electron chi connectivity index (χ0n) is 17.3. The fraction of sp³-hybridized carbons (Fsp3) is 0.375. The second kappa shape index (κ2) is 7.81. The van der Waals surface area contributed by atoms with Crippen LogP contribution in [0.3, 0.4) is 0 Å². The van der Waals surface area contributed by atoms with Crippen molar-refractivity contribution >= 4 is 28.4 Å². The van der Waals surface area contributed by atoms with Crippen LogP contribution in [0.2, 0.25) is 0 Å². The van der Waals surface area contributed by atoms with E-state index in [0.29, 0.717) is 17.7 Å². The van der Waals surface area contributed by atoms with Gasteiger partial charge < -0.3 is 16.2 Å². The predicted molar refractivity (Wildman–Crippen MR) is 119 cm³/mol. The number of aliphatic hydroxyl groups excluding tert-OH is 1. The maximum Gasteiger partial charge on any atom is 0.250 e. The highest BCUT2D eigenvalue weighted by atomic mass is 16.3. The summed E-state index contributed by atoms with van der Waals surface area (Å²) < 4.78 is 1.80. The van der Waals surface area contributed by atoms with Crippen molar-refractivity contribution in [2.24, 2.45) is 5.73 Å². The van der Waals surface area contributed by atoms with Crippen LogP contribution in [0.1, 0.15) is 59.4 Å². The topological polar surface area (TPSA) is 110 Å². The monoisotopic (exact) mass is 418 g/mol. The van der Waals surface area contributed by atoms with Crippen LogP contribution in [0.5, 0.6) is 0 Å². The molecule has 3 aromatic rings. The number of benzene rings is 1. The van der Waals surface area contributed by atoms with Gasteiger partial charge in [0, 0.05) is 41.0 Å². The molecule has 0 bridgehead atoms.